The Kier molecular flexibility index (Phi) is 6.06. The van der Waals surface area contributed by atoms with Gasteiger partial charge in [-0.05, 0) is 49.9 Å². The lowest BCUT2D eigenvalue weighted by Gasteiger charge is -2.35. The summed E-state index contributed by atoms with van der Waals surface area (Å²) in [5.41, 5.74) is 0.656. The highest BCUT2D eigenvalue weighted by Gasteiger charge is 2.34. The van der Waals surface area contributed by atoms with Crippen LogP contribution in [-0.4, -0.2) is 37.8 Å². The minimum Gasteiger partial charge on any atom is -0.356 e. The van der Waals surface area contributed by atoms with E-state index in [1.807, 2.05) is 0 Å². The third-order valence-electron chi connectivity index (χ3n) is 4.15. The Hall–Kier alpha value is -1.11. The van der Waals surface area contributed by atoms with Gasteiger partial charge in [0.2, 0.25) is 15.9 Å². The van der Waals surface area contributed by atoms with Crippen LogP contribution in [0.5, 0.6) is 0 Å². The molecular weight excluding hydrogens is 336 g/mol. The quantitative estimate of drug-likeness (QED) is 0.880. The second-order valence-corrected chi connectivity index (χ2v) is 8.24. The Morgan fingerprint density at radius 3 is 2.78 bits per heavy atom. The van der Waals surface area contributed by atoms with Crippen molar-refractivity contribution in [2.75, 3.05) is 13.1 Å². The number of amides is 1. The molecule has 1 aliphatic rings. The van der Waals surface area contributed by atoms with Gasteiger partial charge in [-0.15, -0.1) is 0 Å². The molecule has 1 aliphatic heterocycles. The van der Waals surface area contributed by atoms with Gasteiger partial charge in [-0.25, -0.2) is 8.42 Å². The molecule has 7 heteroatoms. The van der Waals surface area contributed by atoms with Crippen molar-refractivity contribution in [3.63, 3.8) is 0 Å². The molecule has 0 spiro atoms. The molecule has 1 atom stereocenters. The van der Waals surface area contributed by atoms with Crippen molar-refractivity contribution in [1.29, 1.82) is 0 Å². The second-order valence-electron chi connectivity index (χ2n) is 5.95. The van der Waals surface area contributed by atoms with Crippen molar-refractivity contribution in [2.24, 2.45) is 0 Å². The summed E-state index contributed by atoms with van der Waals surface area (Å²) < 4.78 is 27.6. The zero-order valence-electron chi connectivity index (χ0n) is 13.5. The normalized spacial score (nSPS) is 19.5. The molecule has 1 amide bonds. The van der Waals surface area contributed by atoms with Crippen molar-refractivity contribution < 1.29 is 13.2 Å². The summed E-state index contributed by atoms with van der Waals surface area (Å²) in [5, 5.41) is 3.28. The van der Waals surface area contributed by atoms with Gasteiger partial charge < -0.3 is 5.32 Å². The molecule has 0 saturated carbocycles. The molecule has 0 radical (unpaired) electrons. The van der Waals surface area contributed by atoms with Crippen molar-refractivity contribution in [3.8, 4) is 0 Å². The van der Waals surface area contributed by atoms with Crippen LogP contribution in [0.2, 0.25) is 5.02 Å². The molecule has 1 saturated heterocycles. The molecule has 0 bridgehead atoms. The molecule has 1 fully saturated rings. The number of piperidine rings is 1. The van der Waals surface area contributed by atoms with Crippen LogP contribution >= 0.6 is 11.6 Å². The summed E-state index contributed by atoms with van der Waals surface area (Å²) in [6, 6.07) is 4.78. The summed E-state index contributed by atoms with van der Waals surface area (Å²) in [4.78, 5) is 11.3. The first-order valence-corrected chi connectivity index (χ1v) is 9.66. The fraction of sp³-hybridized carbons (Fsp3) is 0.562. The van der Waals surface area contributed by atoms with E-state index in [1.165, 1.54) is 6.92 Å². The van der Waals surface area contributed by atoms with Crippen molar-refractivity contribution >= 4 is 27.5 Å². The third-order valence-corrected chi connectivity index (χ3v) is 6.50. The highest BCUT2D eigenvalue weighted by molar-refractivity contribution is 7.89. The van der Waals surface area contributed by atoms with E-state index in [0.29, 0.717) is 35.0 Å². The zero-order valence-corrected chi connectivity index (χ0v) is 15.1. The van der Waals surface area contributed by atoms with Crippen LogP contribution in [0.1, 0.15) is 38.2 Å². The predicted molar refractivity (Wildman–Crippen MR) is 91.0 cm³/mol. The van der Waals surface area contributed by atoms with Crippen molar-refractivity contribution in [2.45, 2.75) is 50.5 Å². The first-order chi connectivity index (χ1) is 10.8. The highest BCUT2D eigenvalue weighted by atomic mass is 35.5. The topological polar surface area (TPSA) is 66.5 Å². The largest absolute Gasteiger partial charge is 0.356 e. The second kappa shape index (κ2) is 7.64. The summed E-state index contributed by atoms with van der Waals surface area (Å²) in [5.74, 6) is -0.0937. The number of halogens is 1. The number of carbonyl (C=O) groups excluding carboxylic acids is 1. The lowest BCUT2D eigenvalue weighted by atomic mass is 10.0. The zero-order chi connectivity index (χ0) is 17.0. The van der Waals surface area contributed by atoms with Gasteiger partial charge in [0, 0.05) is 31.1 Å². The van der Waals surface area contributed by atoms with Crippen LogP contribution in [0.3, 0.4) is 0 Å². The number of benzene rings is 1. The Bertz CT molecular complexity index is 676. The Balaban J connectivity index is 2.22. The molecule has 23 heavy (non-hydrogen) atoms. The van der Waals surface area contributed by atoms with E-state index in [-0.39, 0.29) is 11.9 Å². The maximum Gasteiger partial charge on any atom is 0.243 e. The summed E-state index contributed by atoms with van der Waals surface area (Å²) >= 11 is 5.93. The van der Waals surface area contributed by atoms with Gasteiger partial charge >= 0.3 is 0 Å². The SMILES string of the molecule is CC(=O)NCCC1CCCCN1S(=O)(=O)c1ccc(Cl)cc1C. The average molecular weight is 359 g/mol. The number of nitrogens with zero attached hydrogens (tertiary/aromatic N) is 1. The van der Waals surface area contributed by atoms with Gasteiger partial charge in [0.25, 0.3) is 0 Å². The van der Waals surface area contributed by atoms with E-state index in [4.69, 9.17) is 11.6 Å². The number of hydrogen-bond donors (Lipinski definition) is 1. The summed E-state index contributed by atoms with van der Waals surface area (Å²) in [6.45, 7) is 4.24. The molecular formula is C16H23ClN2O3S. The van der Waals surface area contributed by atoms with Crippen LogP contribution in [0.15, 0.2) is 23.1 Å². The van der Waals surface area contributed by atoms with Crippen LogP contribution in [0, 0.1) is 6.92 Å². The van der Waals surface area contributed by atoms with E-state index < -0.39 is 10.0 Å². The van der Waals surface area contributed by atoms with Gasteiger partial charge in [0.15, 0.2) is 0 Å². The Morgan fingerprint density at radius 1 is 1.39 bits per heavy atom. The Labute approximate surface area is 143 Å². The number of rotatable bonds is 5. The number of hydrogen-bond acceptors (Lipinski definition) is 3. The number of nitrogens with one attached hydrogen (secondary N) is 1. The smallest absolute Gasteiger partial charge is 0.243 e. The molecule has 2 rings (SSSR count). The van der Waals surface area contributed by atoms with E-state index in [0.717, 1.165) is 19.3 Å². The first-order valence-electron chi connectivity index (χ1n) is 7.85. The van der Waals surface area contributed by atoms with E-state index in [2.05, 4.69) is 5.32 Å². The van der Waals surface area contributed by atoms with Gasteiger partial charge in [0.05, 0.1) is 4.90 Å². The maximum absolute atomic E-state index is 13.0. The average Bonchev–Trinajstić information content (AvgIpc) is 2.46. The molecule has 1 unspecified atom stereocenters. The monoisotopic (exact) mass is 358 g/mol. The summed E-state index contributed by atoms with van der Waals surface area (Å²) in [6.07, 6.45) is 3.33. The fourth-order valence-corrected chi connectivity index (χ4v) is 5.18. The molecule has 1 aromatic carbocycles. The number of carbonyl (C=O) groups is 1. The summed E-state index contributed by atoms with van der Waals surface area (Å²) in [7, 11) is -3.55. The predicted octanol–water partition coefficient (Wildman–Crippen LogP) is 2.72. The van der Waals surface area contributed by atoms with Crippen LogP contribution < -0.4 is 5.32 Å². The van der Waals surface area contributed by atoms with Crippen LogP contribution in [0.4, 0.5) is 0 Å². The van der Waals surface area contributed by atoms with Gasteiger partial charge in [-0.1, -0.05) is 18.0 Å². The number of aryl methyl sites for hydroxylation is 1. The standard InChI is InChI=1S/C16H23ClN2O3S/c1-12-11-14(17)6-7-16(12)23(21,22)19-10-4-3-5-15(19)8-9-18-13(2)20/h6-7,11,15H,3-5,8-10H2,1-2H3,(H,18,20). The maximum atomic E-state index is 13.0. The van der Waals surface area contributed by atoms with Crippen molar-refractivity contribution in [1.82, 2.24) is 9.62 Å². The lowest BCUT2D eigenvalue weighted by molar-refractivity contribution is -0.119. The molecule has 5 nitrogen and oxygen atoms in total. The van der Waals surface area contributed by atoms with Crippen LogP contribution in [-0.2, 0) is 14.8 Å². The minimum absolute atomic E-state index is 0.0734. The fourth-order valence-electron chi connectivity index (χ4n) is 3.02. The number of sulfonamides is 1. The minimum atomic E-state index is -3.55. The molecule has 0 aliphatic carbocycles. The molecule has 1 aromatic rings. The van der Waals surface area contributed by atoms with E-state index >= 15 is 0 Å². The van der Waals surface area contributed by atoms with Gasteiger partial charge in [0.1, 0.15) is 0 Å². The van der Waals surface area contributed by atoms with E-state index in [9.17, 15) is 13.2 Å². The van der Waals surface area contributed by atoms with E-state index in [1.54, 1.807) is 29.4 Å². The van der Waals surface area contributed by atoms with Crippen molar-refractivity contribution in [3.05, 3.63) is 28.8 Å². The highest BCUT2D eigenvalue weighted by Crippen LogP contribution is 2.29. The molecule has 0 aromatic heterocycles. The third kappa shape index (κ3) is 4.46. The van der Waals surface area contributed by atoms with Crippen LogP contribution in [0.25, 0.3) is 0 Å². The molecule has 1 N–H and O–H groups in total. The lowest BCUT2D eigenvalue weighted by Crippen LogP contribution is -2.45. The first kappa shape index (κ1) is 18.2. The molecule has 1 heterocycles. The molecule has 128 valence electrons. The van der Waals surface area contributed by atoms with Gasteiger partial charge in [-0.2, -0.15) is 4.31 Å². The van der Waals surface area contributed by atoms with Gasteiger partial charge in [-0.3, -0.25) is 4.79 Å². The Morgan fingerprint density at radius 2 is 2.13 bits per heavy atom.